The van der Waals surface area contributed by atoms with Gasteiger partial charge in [0.1, 0.15) is 24.5 Å². The van der Waals surface area contributed by atoms with Crippen LogP contribution >= 0.6 is 11.6 Å². The molecule has 0 spiro atoms. The van der Waals surface area contributed by atoms with E-state index < -0.39 is 17.8 Å². The lowest BCUT2D eigenvalue weighted by molar-refractivity contribution is -0.122. The Hall–Kier alpha value is -5.08. The van der Waals surface area contributed by atoms with Crippen LogP contribution in [-0.2, 0) is 22.8 Å². The van der Waals surface area contributed by atoms with E-state index in [1.165, 1.54) is 13.2 Å². The van der Waals surface area contributed by atoms with Crippen LogP contribution in [0.1, 0.15) is 22.3 Å². The number of amides is 4. The smallest absolute Gasteiger partial charge is 0.335 e. The summed E-state index contributed by atoms with van der Waals surface area (Å²) in [5.74, 6) is -0.389. The van der Waals surface area contributed by atoms with E-state index in [0.29, 0.717) is 29.4 Å². The summed E-state index contributed by atoms with van der Waals surface area (Å²) >= 11 is 6.53. The number of methoxy groups -OCH3 is 1. The molecular formula is C33H27ClN2O6. The molecule has 5 rings (SSSR count). The predicted molar refractivity (Wildman–Crippen MR) is 160 cm³/mol. The summed E-state index contributed by atoms with van der Waals surface area (Å²) in [5, 5.41) is 2.46. The number of hydrogen-bond donors (Lipinski definition) is 1. The second-order valence-electron chi connectivity index (χ2n) is 9.54. The number of halogens is 1. The first-order valence-corrected chi connectivity index (χ1v) is 13.4. The van der Waals surface area contributed by atoms with Gasteiger partial charge in [0.15, 0.2) is 11.5 Å². The zero-order chi connectivity index (χ0) is 29.6. The number of urea groups is 1. The highest BCUT2D eigenvalue weighted by atomic mass is 35.5. The van der Waals surface area contributed by atoms with Crippen LogP contribution in [0.25, 0.3) is 6.08 Å². The van der Waals surface area contributed by atoms with Gasteiger partial charge in [-0.15, -0.1) is 0 Å². The van der Waals surface area contributed by atoms with Gasteiger partial charge in [-0.3, -0.25) is 14.9 Å². The molecule has 1 aliphatic rings. The largest absolute Gasteiger partial charge is 0.493 e. The zero-order valence-electron chi connectivity index (χ0n) is 22.9. The van der Waals surface area contributed by atoms with Crippen LogP contribution in [0.4, 0.5) is 10.5 Å². The number of hydrogen-bond acceptors (Lipinski definition) is 6. The first-order chi connectivity index (χ1) is 20.3. The molecule has 1 aliphatic heterocycles. The molecule has 0 saturated carbocycles. The summed E-state index contributed by atoms with van der Waals surface area (Å²) in [4.78, 5) is 39.7. The summed E-state index contributed by atoms with van der Waals surface area (Å²) in [7, 11) is 1.47. The number of barbiturate groups is 1. The number of rotatable bonds is 9. The highest BCUT2D eigenvalue weighted by Gasteiger charge is 2.37. The van der Waals surface area contributed by atoms with Gasteiger partial charge in [0.2, 0.25) is 0 Å². The lowest BCUT2D eigenvalue weighted by atomic mass is 10.1. The Morgan fingerprint density at radius 1 is 0.833 bits per heavy atom. The number of carbonyl (C=O) groups excluding carboxylic acids is 3. The van der Waals surface area contributed by atoms with Crippen LogP contribution in [-0.4, -0.2) is 25.0 Å². The average molecular weight is 583 g/mol. The number of carbonyl (C=O) groups is 3. The van der Waals surface area contributed by atoms with Gasteiger partial charge in [0, 0.05) is 0 Å². The maximum absolute atomic E-state index is 13.4. The van der Waals surface area contributed by atoms with Crippen molar-refractivity contribution in [3.63, 3.8) is 0 Å². The first-order valence-electron chi connectivity index (χ1n) is 13.1. The van der Waals surface area contributed by atoms with Gasteiger partial charge >= 0.3 is 6.03 Å². The second-order valence-corrected chi connectivity index (χ2v) is 9.95. The Bertz CT molecular complexity index is 1670. The molecule has 4 amide bonds. The highest BCUT2D eigenvalue weighted by molar-refractivity contribution is 6.39. The van der Waals surface area contributed by atoms with E-state index in [0.717, 1.165) is 21.6 Å². The third-order valence-electron chi connectivity index (χ3n) is 6.47. The molecular weight excluding hydrogens is 556 g/mol. The van der Waals surface area contributed by atoms with E-state index in [1.54, 1.807) is 36.4 Å². The second kappa shape index (κ2) is 12.6. The Morgan fingerprint density at radius 3 is 2.26 bits per heavy atom. The Morgan fingerprint density at radius 2 is 1.55 bits per heavy atom. The van der Waals surface area contributed by atoms with Gasteiger partial charge in [-0.1, -0.05) is 71.8 Å². The first kappa shape index (κ1) is 28.4. The molecule has 9 heteroatoms. The molecule has 1 heterocycles. The third-order valence-corrected chi connectivity index (χ3v) is 6.75. The lowest BCUT2D eigenvalue weighted by Gasteiger charge is -2.26. The van der Waals surface area contributed by atoms with E-state index in [2.05, 4.69) is 5.32 Å². The molecule has 1 saturated heterocycles. The molecule has 1 N–H and O–H groups in total. The van der Waals surface area contributed by atoms with Crippen LogP contribution in [0.5, 0.6) is 17.2 Å². The molecule has 1 fully saturated rings. The number of aryl methyl sites for hydroxylation is 1. The minimum absolute atomic E-state index is 0.233. The molecule has 42 heavy (non-hydrogen) atoms. The van der Waals surface area contributed by atoms with Crippen LogP contribution in [0.3, 0.4) is 0 Å². The molecule has 0 aliphatic carbocycles. The molecule has 8 nitrogen and oxygen atoms in total. The quantitative estimate of drug-likeness (QED) is 0.179. The van der Waals surface area contributed by atoms with Gasteiger partial charge in [0.05, 0.1) is 17.8 Å². The van der Waals surface area contributed by atoms with Crippen LogP contribution in [0.15, 0.2) is 96.6 Å². The van der Waals surface area contributed by atoms with E-state index in [9.17, 15) is 14.4 Å². The summed E-state index contributed by atoms with van der Waals surface area (Å²) in [6.45, 7) is 2.63. The molecule has 0 aromatic heterocycles. The maximum atomic E-state index is 13.4. The monoisotopic (exact) mass is 582 g/mol. The number of nitrogens with zero attached hydrogens (tertiary/aromatic N) is 1. The van der Waals surface area contributed by atoms with Crippen molar-refractivity contribution in [1.29, 1.82) is 0 Å². The van der Waals surface area contributed by atoms with Gasteiger partial charge in [-0.2, -0.15) is 0 Å². The molecule has 0 radical (unpaired) electrons. The van der Waals surface area contributed by atoms with Crippen molar-refractivity contribution in [3.8, 4) is 17.2 Å². The number of benzene rings is 4. The fraction of sp³-hybridized carbons (Fsp3) is 0.121. The minimum Gasteiger partial charge on any atom is -0.493 e. The summed E-state index contributed by atoms with van der Waals surface area (Å²) < 4.78 is 17.2. The van der Waals surface area contributed by atoms with E-state index in [-0.39, 0.29) is 22.9 Å². The Kier molecular flexibility index (Phi) is 8.55. The molecule has 4 aromatic rings. The maximum Gasteiger partial charge on any atom is 0.335 e. The van der Waals surface area contributed by atoms with Crippen molar-refractivity contribution in [2.24, 2.45) is 0 Å². The standard InChI is InChI=1S/C33H27ClN2O6/c1-21-7-6-10-23(15-21)20-42-30-28(34)17-24(18-29(30)40-2)16-27-31(37)35-33(39)36(32(27)38)25-11-13-26(14-12-25)41-19-22-8-4-3-5-9-22/h3-18H,19-20H2,1-2H3,(H,35,37,39)/b27-16+. The average Bonchev–Trinajstić information content (AvgIpc) is 2.98. The van der Waals surface area contributed by atoms with Crippen molar-refractivity contribution >= 4 is 41.2 Å². The normalized spacial score (nSPS) is 14.1. The third kappa shape index (κ3) is 6.45. The molecule has 0 atom stereocenters. The van der Waals surface area contributed by atoms with E-state index in [1.807, 2.05) is 61.5 Å². The van der Waals surface area contributed by atoms with Crippen LogP contribution < -0.4 is 24.4 Å². The molecule has 4 aromatic carbocycles. The topological polar surface area (TPSA) is 94.2 Å². The predicted octanol–water partition coefficient (Wildman–Crippen LogP) is 6.48. The van der Waals surface area contributed by atoms with Crippen molar-refractivity contribution in [2.75, 3.05) is 12.0 Å². The highest BCUT2D eigenvalue weighted by Crippen LogP contribution is 2.38. The van der Waals surface area contributed by atoms with E-state index in [4.69, 9.17) is 25.8 Å². The molecule has 212 valence electrons. The van der Waals surface area contributed by atoms with Crippen molar-refractivity contribution in [2.45, 2.75) is 20.1 Å². The number of ether oxygens (including phenoxy) is 3. The lowest BCUT2D eigenvalue weighted by Crippen LogP contribution is -2.54. The number of nitrogens with one attached hydrogen (secondary N) is 1. The number of imide groups is 2. The van der Waals surface area contributed by atoms with Crippen molar-refractivity contribution in [1.82, 2.24) is 5.32 Å². The number of anilines is 1. The van der Waals surface area contributed by atoms with Crippen molar-refractivity contribution < 1.29 is 28.6 Å². The van der Waals surface area contributed by atoms with E-state index >= 15 is 0 Å². The fourth-order valence-electron chi connectivity index (χ4n) is 4.41. The van der Waals surface area contributed by atoms with Gasteiger partial charge in [-0.25, -0.2) is 9.69 Å². The van der Waals surface area contributed by atoms with Gasteiger partial charge in [0.25, 0.3) is 11.8 Å². The Balaban J connectivity index is 1.35. The van der Waals surface area contributed by atoms with Crippen LogP contribution in [0.2, 0.25) is 5.02 Å². The summed E-state index contributed by atoms with van der Waals surface area (Å²) in [5.41, 5.74) is 3.51. The van der Waals surface area contributed by atoms with Gasteiger partial charge < -0.3 is 14.2 Å². The van der Waals surface area contributed by atoms with Crippen molar-refractivity contribution in [3.05, 3.63) is 124 Å². The van der Waals surface area contributed by atoms with Gasteiger partial charge in [-0.05, 0) is 66.1 Å². The SMILES string of the molecule is COc1cc(/C=C2\C(=O)NC(=O)N(c3ccc(OCc4ccccc4)cc3)C2=O)cc(Cl)c1OCc1cccc(C)c1. The summed E-state index contributed by atoms with van der Waals surface area (Å²) in [6.07, 6.45) is 1.35. The molecule has 0 unspecified atom stereocenters. The zero-order valence-corrected chi connectivity index (χ0v) is 23.7. The molecule has 0 bridgehead atoms. The summed E-state index contributed by atoms with van der Waals surface area (Å²) in [6, 6.07) is 26.3. The van der Waals surface area contributed by atoms with Crippen LogP contribution in [0, 0.1) is 6.92 Å². The minimum atomic E-state index is -0.851. The Labute approximate surface area is 248 Å². The fourth-order valence-corrected chi connectivity index (χ4v) is 4.69.